The first kappa shape index (κ1) is 19.1. The highest BCUT2D eigenvalue weighted by Crippen LogP contribution is 2.24. The minimum Gasteiger partial charge on any atom is -0.481 e. The summed E-state index contributed by atoms with van der Waals surface area (Å²) >= 11 is 1.67. The fraction of sp³-hybridized carbons (Fsp3) is 0.500. The number of carboxylic acid groups (broad SMARTS) is 1. The third kappa shape index (κ3) is 6.31. The number of thioether (sulfide) groups is 1. The maximum absolute atomic E-state index is 11.9. The maximum Gasteiger partial charge on any atom is 0.315 e. The first-order chi connectivity index (χ1) is 12.1. The molecule has 6 nitrogen and oxygen atoms in total. The van der Waals surface area contributed by atoms with E-state index in [-0.39, 0.29) is 18.0 Å². The molecule has 0 unspecified atom stereocenters. The Labute approximate surface area is 152 Å². The molecule has 0 heterocycles. The van der Waals surface area contributed by atoms with Gasteiger partial charge in [0.25, 0.3) is 0 Å². The summed E-state index contributed by atoms with van der Waals surface area (Å²) in [5.74, 6) is 0.497. The maximum atomic E-state index is 11.9. The fourth-order valence-electron chi connectivity index (χ4n) is 2.90. The molecule has 1 aromatic carbocycles. The molecule has 134 valence electrons. The smallest absolute Gasteiger partial charge is 0.315 e. The van der Waals surface area contributed by atoms with E-state index in [1.54, 1.807) is 17.8 Å². The van der Waals surface area contributed by atoms with Gasteiger partial charge in [-0.05, 0) is 37.3 Å². The zero-order valence-corrected chi connectivity index (χ0v) is 14.8. The Morgan fingerprint density at radius 3 is 2.64 bits per heavy atom. The number of aliphatic carboxylic acids is 1. The van der Waals surface area contributed by atoms with E-state index in [4.69, 9.17) is 10.4 Å². The van der Waals surface area contributed by atoms with Crippen LogP contribution in [0.1, 0.15) is 36.8 Å². The summed E-state index contributed by atoms with van der Waals surface area (Å²) in [7, 11) is 0. The van der Waals surface area contributed by atoms with E-state index in [1.807, 2.05) is 18.2 Å². The summed E-state index contributed by atoms with van der Waals surface area (Å²) < 4.78 is 0. The predicted octanol–water partition coefficient (Wildman–Crippen LogP) is 2.73. The highest BCUT2D eigenvalue weighted by molar-refractivity contribution is 7.98. The zero-order chi connectivity index (χ0) is 18.1. The van der Waals surface area contributed by atoms with E-state index in [1.165, 1.54) is 0 Å². The topological polar surface area (TPSA) is 102 Å². The van der Waals surface area contributed by atoms with E-state index in [2.05, 4.69) is 16.7 Å². The summed E-state index contributed by atoms with van der Waals surface area (Å²) in [5, 5.41) is 23.7. The number of hydrogen-bond donors (Lipinski definition) is 3. The zero-order valence-electron chi connectivity index (χ0n) is 14.0. The lowest BCUT2D eigenvalue weighted by Gasteiger charge is -2.26. The van der Waals surface area contributed by atoms with Crippen molar-refractivity contribution in [2.45, 2.75) is 37.5 Å². The number of nitrogens with one attached hydrogen (secondary N) is 2. The minimum absolute atomic E-state index is 0.0609. The first-order valence-electron chi connectivity index (χ1n) is 8.43. The summed E-state index contributed by atoms with van der Waals surface area (Å²) in [5.41, 5.74) is 1.70. The van der Waals surface area contributed by atoms with Crippen LogP contribution in [0.5, 0.6) is 0 Å². The van der Waals surface area contributed by atoms with Crippen LogP contribution >= 0.6 is 11.8 Å². The third-order valence-electron chi connectivity index (χ3n) is 4.34. The van der Waals surface area contributed by atoms with E-state index in [0.29, 0.717) is 37.8 Å². The molecule has 1 aromatic rings. The number of rotatable bonds is 7. The van der Waals surface area contributed by atoms with Crippen LogP contribution in [0.25, 0.3) is 0 Å². The standard InChI is InChI=1S/C18H23N3O3S/c19-11-14-3-1-2-4-15(14)12-25-10-9-20-18(24)21-16-7-5-13(6-8-16)17(22)23/h1-4,13,16H,5-10,12H2,(H,22,23)(H2,20,21,24). The van der Waals surface area contributed by atoms with Crippen molar-refractivity contribution < 1.29 is 14.7 Å². The van der Waals surface area contributed by atoms with Crippen LogP contribution in [-0.2, 0) is 10.5 Å². The van der Waals surface area contributed by atoms with Gasteiger partial charge in [-0.2, -0.15) is 17.0 Å². The molecule has 1 aliphatic carbocycles. The molecule has 0 atom stereocenters. The predicted molar refractivity (Wildman–Crippen MR) is 97.2 cm³/mol. The van der Waals surface area contributed by atoms with Gasteiger partial charge in [-0.25, -0.2) is 4.79 Å². The molecule has 0 radical (unpaired) electrons. The van der Waals surface area contributed by atoms with Crippen LogP contribution in [0.2, 0.25) is 0 Å². The highest BCUT2D eigenvalue weighted by Gasteiger charge is 2.26. The van der Waals surface area contributed by atoms with Crippen LogP contribution in [0.4, 0.5) is 4.79 Å². The molecule has 1 saturated carbocycles. The van der Waals surface area contributed by atoms with Crippen LogP contribution in [0.15, 0.2) is 24.3 Å². The molecule has 0 spiro atoms. The van der Waals surface area contributed by atoms with Crippen LogP contribution < -0.4 is 10.6 Å². The van der Waals surface area contributed by atoms with Crippen molar-refractivity contribution in [1.29, 1.82) is 5.26 Å². The van der Waals surface area contributed by atoms with Crippen molar-refractivity contribution >= 4 is 23.8 Å². The number of carbonyl (C=O) groups is 2. The molecule has 0 bridgehead atoms. The molecule has 0 saturated heterocycles. The van der Waals surface area contributed by atoms with Gasteiger partial charge in [0, 0.05) is 24.1 Å². The first-order valence-corrected chi connectivity index (χ1v) is 9.58. The van der Waals surface area contributed by atoms with Gasteiger partial charge in [0.2, 0.25) is 0 Å². The second-order valence-corrected chi connectivity index (χ2v) is 7.21. The van der Waals surface area contributed by atoms with Crippen molar-refractivity contribution in [3.63, 3.8) is 0 Å². The highest BCUT2D eigenvalue weighted by atomic mass is 32.2. The Bertz CT molecular complexity index is 637. The fourth-order valence-corrected chi connectivity index (χ4v) is 3.76. The molecule has 2 amide bonds. The number of nitriles is 1. The van der Waals surface area contributed by atoms with Gasteiger partial charge in [0.05, 0.1) is 17.6 Å². The molecule has 25 heavy (non-hydrogen) atoms. The molecule has 0 aliphatic heterocycles. The van der Waals surface area contributed by atoms with Crippen molar-refractivity contribution in [2.24, 2.45) is 5.92 Å². The van der Waals surface area contributed by atoms with Gasteiger partial charge in [0.1, 0.15) is 0 Å². The quantitative estimate of drug-likeness (QED) is 0.648. The Balaban J connectivity index is 1.58. The summed E-state index contributed by atoms with van der Waals surface area (Å²) in [6, 6.07) is 9.56. The van der Waals surface area contributed by atoms with Crippen molar-refractivity contribution in [3.8, 4) is 6.07 Å². The number of nitrogens with zero attached hydrogens (tertiary/aromatic N) is 1. The normalized spacial score (nSPS) is 19.6. The Morgan fingerprint density at radius 1 is 1.24 bits per heavy atom. The lowest BCUT2D eigenvalue weighted by atomic mass is 9.86. The largest absolute Gasteiger partial charge is 0.481 e. The van der Waals surface area contributed by atoms with Crippen molar-refractivity contribution in [1.82, 2.24) is 10.6 Å². The van der Waals surface area contributed by atoms with Crippen molar-refractivity contribution in [2.75, 3.05) is 12.3 Å². The van der Waals surface area contributed by atoms with Crippen LogP contribution in [-0.4, -0.2) is 35.4 Å². The monoisotopic (exact) mass is 361 g/mol. The number of urea groups is 1. The van der Waals surface area contributed by atoms with Gasteiger partial charge in [-0.3, -0.25) is 4.79 Å². The molecule has 3 N–H and O–H groups in total. The molecule has 1 aliphatic rings. The van der Waals surface area contributed by atoms with Gasteiger partial charge in [-0.1, -0.05) is 18.2 Å². The lowest BCUT2D eigenvalue weighted by Crippen LogP contribution is -2.44. The number of benzene rings is 1. The van der Waals surface area contributed by atoms with E-state index in [0.717, 1.165) is 17.1 Å². The van der Waals surface area contributed by atoms with Crippen molar-refractivity contribution in [3.05, 3.63) is 35.4 Å². The van der Waals surface area contributed by atoms with Gasteiger partial charge in [-0.15, -0.1) is 0 Å². The molecule has 7 heteroatoms. The molecule has 2 rings (SSSR count). The molecular formula is C18H23N3O3S. The van der Waals surface area contributed by atoms with E-state index >= 15 is 0 Å². The average Bonchev–Trinajstić information content (AvgIpc) is 2.62. The Hall–Kier alpha value is -2.20. The number of amides is 2. The van der Waals surface area contributed by atoms with E-state index in [9.17, 15) is 9.59 Å². The lowest BCUT2D eigenvalue weighted by molar-refractivity contribution is -0.142. The van der Waals surface area contributed by atoms with Crippen LogP contribution in [0, 0.1) is 17.2 Å². The number of carboxylic acids is 1. The SMILES string of the molecule is N#Cc1ccccc1CSCCNC(=O)NC1CCC(C(=O)O)CC1. The third-order valence-corrected chi connectivity index (χ3v) is 5.35. The summed E-state index contributed by atoms with van der Waals surface area (Å²) in [6.07, 6.45) is 2.66. The summed E-state index contributed by atoms with van der Waals surface area (Å²) in [4.78, 5) is 22.8. The second kappa shape index (κ2) is 9.94. The van der Waals surface area contributed by atoms with Gasteiger partial charge in [0.15, 0.2) is 0 Å². The second-order valence-electron chi connectivity index (χ2n) is 6.11. The number of hydrogen-bond acceptors (Lipinski definition) is 4. The molecule has 1 fully saturated rings. The van der Waals surface area contributed by atoms with E-state index < -0.39 is 5.97 Å². The minimum atomic E-state index is -0.738. The number of carbonyl (C=O) groups excluding carboxylic acids is 1. The van der Waals surface area contributed by atoms with Crippen LogP contribution in [0.3, 0.4) is 0 Å². The molecule has 0 aromatic heterocycles. The average molecular weight is 361 g/mol. The summed E-state index contributed by atoms with van der Waals surface area (Å²) in [6.45, 7) is 0.551. The van der Waals surface area contributed by atoms with Gasteiger partial charge >= 0.3 is 12.0 Å². The Kier molecular flexibility index (Phi) is 7.61. The molecular weight excluding hydrogens is 338 g/mol. The Morgan fingerprint density at radius 2 is 1.96 bits per heavy atom. The van der Waals surface area contributed by atoms with Gasteiger partial charge < -0.3 is 15.7 Å².